The largest absolute Gasteiger partial charge is 0.366 e. The van der Waals surface area contributed by atoms with Crippen LogP contribution in [0.15, 0.2) is 29.8 Å². The molecule has 2 aliphatic heterocycles. The standard InChI is InChI=1S/C19H26N4O3/c1-14-6-10-22(11-7-14)17-3-2-16(12-18(17)23(25)26)19(24)21-13-15-4-8-20-9-5-15/h2-4,12,14,20H,5-11,13H2,1H3,(H,21,24). The monoisotopic (exact) mass is 358 g/mol. The van der Waals surface area contributed by atoms with E-state index in [1.54, 1.807) is 12.1 Å². The van der Waals surface area contributed by atoms with Crippen molar-refractivity contribution in [3.8, 4) is 0 Å². The fourth-order valence-corrected chi connectivity index (χ4v) is 3.45. The van der Waals surface area contributed by atoms with Gasteiger partial charge in [0, 0.05) is 37.8 Å². The maximum absolute atomic E-state index is 12.4. The lowest BCUT2D eigenvalue weighted by Crippen LogP contribution is -2.33. The van der Waals surface area contributed by atoms with Gasteiger partial charge in [-0.2, -0.15) is 0 Å². The van der Waals surface area contributed by atoms with Gasteiger partial charge in [0.25, 0.3) is 11.6 Å². The summed E-state index contributed by atoms with van der Waals surface area (Å²) in [5.74, 6) is 0.381. The van der Waals surface area contributed by atoms with E-state index in [0.717, 1.165) is 45.4 Å². The molecule has 2 N–H and O–H groups in total. The number of nitrogens with one attached hydrogen (secondary N) is 2. The van der Waals surface area contributed by atoms with Gasteiger partial charge in [-0.1, -0.05) is 18.6 Å². The fourth-order valence-electron chi connectivity index (χ4n) is 3.45. The highest BCUT2D eigenvalue weighted by Gasteiger charge is 2.24. The van der Waals surface area contributed by atoms with Gasteiger partial charge < -0.3 is 15.5 Å². The molecule has 0 atom stereocenters. The average molecular weight is 358 g/mol. The molecule has 140 valence electrons. The van der Waals surface area contributed by atoms with E-state index in [-0.39, 0.29) is 16.5 Å². The Morgan fingerprint density at radius 2 is 2.15 bits per heavy atom. The van der Waals surface area contributed by atoms with Gasteiger partial charge in [0.1, 0.15) is 5.69 Å². The minimum absolute atomic E-state index is 0.00767. The van der Waals surface area contributed by atoms with Crippen LogP contribution in [0.3, 0.4) is 0 Å². The smallest absolute Gasteiger partial charge is 0.293 e. The molecule has 0 aliphatic carbocycles. The number of carbonyl (C=O) groups is 1. The average Bonchev–Trinajstić information content (AvgIpc) is 2.67. The zero-order valence-corrected chi connectivity index (χ0v) is 15.2. The van der Waals surface area contributed by atoms with Gasteiger partial charge in [-0.3, -0.25) is 14.9 Å². The summed E-state index contributed by atoms with van der Waals surface area (Å²) in [6, 6.07) is 4.80. The van der Waals surface area contributed by atoms with E-state index in [0.29, 0.717) is 23.7 Å². The van der Waals surface area contributed by atoms with Crippen LogP contribution >= 0.6 is 0 Å². The van der Waals surface area contributed by atoms with Crippen LogP contribution in [-0.2, 0) is 0 Å². The van der Waals surface area contributed by atoms with E-state index in [2.05, 4.69) is 28.5 Å². The molecule has 3 rings (SSSR count). The SMILES string of the molecule is CC1CCN(c2ccc(C(=O)NCC3=CCNCC3)cc2[N+](=O)[O-])CC1. The maximum Gasteiger partial charge on any atom is 0.293 e. The van der Waals surface area contributed by atoms with Crippen molar-refractivity contribution in [3.05, 3.63) is 45.5 Å². The molecule has 1 aromatic rings. The molecule has 0 aromatic heterocycles. The molecule has 0 saturated carbocycles. The van der Waals surface area contributed by atoms with Crippen LogP contribution in [0.25, 0.3) is 0 Å². The molecule has 7 nitrogen and oxygen atoms in total. The molecule has 0 radical (unpaired) electrons. The molecule has 1 fully saturated rings. The van der Waals surface area contributed by atoms with Crippen LogP contribution in [0.2, 0.25) is 0 Å². The van der Waals surface area contributed by atoms with Gasteiger partial charge >= 0.3 is 0 Å². The molecule has 7 heteroatoms. The Labute approximate surface area is 153 Å². The number of rotatable bonds is 5. The number of nitrogens with zero attached hydrogens (tertiary/aromatic N) is 2. The number of carbonyl (C=O) groups excluding carboxylic acids is 1. The van der Waals surface area contributed by atoms with Crippen LogP contribution < -0.4 is 15.5 Å². The Kier molecular flexibility index (Phi) is 5.88. The highest BCUT2D eigenvalue weighted by molar-refractivity contribution is 5.96. The summed E-state index contributed by atoms with van der Waals surface area (Å²) in [5, 5.41) is 17.6. The van der Waals surface area contributed by atoms with Gasteiger partial charge in [-0.25, -0.2) is 0 Å². The number of piperidine rings is 1. The van der Waals surface area contributed by atoms with Gasteiger partial charge in [-0.15, -0.1) is 0 Å². The second-order valence-electron chi connectivity index (χ2n) is 7.13. The minimum atomic E-state index is -0.389. The zero-order valence-electron chi connectivity index (χ0n) is 15.2. The Bertz CT molecular complexity index is 709. The van der Waals surface area contributed by atoms with Crippen molar-refractivity contribution in [1.29, 1.82) is 0 Å². The first-order chi connectivity index (χ1) is 12.5. The van der Waals surface area contributed by atoms with Crippen LogP contribution in [0.1, 0.15) is 36.5 Å². The lowest BCUT2D eigenvalue weighted by molar-refractivity contribution is -0.384. The maximum atomic E-state index is 12.4. The second kappa shape index (κ2) is 8.31. The normalized spacial score (nSPS) is 18.3. The van der Waals surface area contributed by atoms with Crippen LogP contribution in [0, 0.1) is 16.0 Å². The van der Waals surface area contributed by atoms with Gasteiger partial charge in [-0.05, 0) is 43.9 Å². The summed E-state index contributed by atoms with van der Waals surface area (Å²) in [6.45, 7) is 6.05. The summed E-state index contributed by atoms with van der Waals surface area (Å²) in [7, 11) is 0. The van der Waals surface area contributed by atoms with Gasteiger partial charge in [0.2, 0.25) is 0 Å². The summed E-state index contributed by atoms with van der Waals surface area (Å²) in [6.07, 6.45) is 5.05. The lowest BCUT2D eigenvalue weighted by atomic mass is 9.98. The Morgan fingerprint density at radius 3 is 2.81 bits per heavy atom. The molecule has 2 aliphatic rings. The van der Waals surface area contributed by atoms with Crippen molar-refractivity contribution in [3.63, 3.8) is 0 Å². The Morgan fingerprint density at radius 1 is 1.38 bits per heavy atom. The van der Waals surface area contributed by atoms with Crippen LogP contribution in [0.4, 0.5) is 11.4 Å². The topological polar surface area (TPSA) is 87.5 Å². The van der Waals surface area contributed by atoms with Gasteiger partial charge in [0.15, 0.2) is 0 Å². The zero-order chi connectivity index (χ0) is 18.5. The van der Waals surface area contributed by atoms with Crippen molar-refractivity contribution in [2.75, 3.05) is 37.6 Å². The number of benzene rings is 1. The summed E-state index contributed by atoms with van der Waals surface area (Å²) < 4.78 is 0. The van der Waals surface area contributed by atoms with Crippen LogP contribution in [0.5, 0.6) is 0 Å². The van der Waals surface area contributed by atoms with Crippen molar-refractivity contribution >= 4 is 17.3 Å². The number of nitro groups is 1. The first-order valence-electron chi connectivity index (χ1n) is 9.25. The van der Waals surface area contributed by atoms with E-state index in [4.69, 9.17) is 0 Å². The third-order valence-electron chi connectivity index (χ3n) is 5.19. The third kappa shape index (κ3) is 4.40. The molecule has 26 heavy (non-hydrogen) atoms. The molecule has 0 spiro atoms. The summed E-state index contributed by atoms with van der Waals surface area (Å²) in [4.78, 5) is 25.6. The number of nitro benzene ring substituents is 1. The summed E-state index contributed by atoms with van der Waals surface area (Å²) in [5.41, 5.74) is 2.14. The molecule has 1 saturated heterocycles. The Balaban J connectivity index is 1.72. The van der Waals surface area contributed by atoms with E-state index in [9.17, 15) is 14.9 Å². The highest BCUT2D eigenvalue weighted by Crippen LogP contribution is 2.32. The van der Waals surface area contributed by atoms with Crippen molar-refractivity contribution in [2.24, 2.45) is 5.92 Å². The van der Waals surface area contributed by atoms with E-state index >= 15 is 0 Å². The molecule has 2 heterocycles. The fraction of sp³-hybridized carbons (Fsp3) is 0.526. The van der Waals surface area contributed by atoms with Gasteiger partial charge in [0.05, 0.1) is 4.92 Å². The van der Waals surface area contributed by atoms with Crippen LogP contribution in [-0.4, -0.2) is 43.6 Å². The quantitative estimate of drug-likeness (QED) is 0.480. The van der Waals surface area contributed by atoms with E-state index in [1.165, 1.54) is 11.6 Å². The number of anilines is 1. The van der Waals surface area contributed by atoms with E-state index in [1.807, 2.05) is 0 Å². The number of amides is 1. The molecular weight excluding hydrogens is 332 g/mol. The first-order valence-corrected chi connectivity index (χ1v) is 9.25. The predicted molar refractivity (Wildman–Crippen MR) is 102 cm³/mol. The molecule has 1 aromatic carbocycles. The molecular formula is C19H26N4O3. The molecule has 1 amide bonds. The third-order valence-corrected chi connectivity index (χ3v) is 5.19. The second-order valence-corrected chi connectivity index (χ2v) is 7.13. The summed E-state index contributed by atoms with van der Waals surface area (Å²) >= 11 is 0. The molecule has 0 bridgehead atoms. The highest BCUT2D eigenvalue weighted by atomic mass is 16.6. The lowest BCUT2D eigenvalue weighted by Gasteiger charge is -2.31. The van der Waals surface area contributed by atoms with Crippen molar-refractivity contribution in [2.45, 2.75) is 26.2 Å². The van der Waals surface area contributed by atoms with Crippen molar-refractivity contribution in [1.82, 2.24) is 10.6 Å². The van der Waals surface area contributed by atoms with E-state index < -0.39 is 0 Å². The molecule has 0 unspecified atom stereocenters. The predicted octanol–water partition coefficient (Wildman–Crippen LogP) is 2.48. The number of hydrogen-bond donors (Lipinski definition) is 2. The van der Waals surface area contributed by atoms with Crippen molar-refractivity contribution < 1.29 is 9.72 Å². The Hall–Kier alpha value is -2.41. The minimum Gasteiger partial charge on any atom is -0.366 e. The first kappa shape index (κ1) is 18.4. The number of hydrogen-bond acceptors (Lipinski definition) is 5.